The van der Waals surface area contributed by atoms with E-state index in [4.69, 9.17) is 0 Å². The van der Waals surface area contributed by atoms with E-state index in [1.165, 1.54) is 19.0 Å². The zero-order valence-electron chi connectivity index (χ0n) is 18.1. The molecular weight excluding hydrogens is 319 g/mol. The molecule has 1 saturated carbocycles. The molecule has 1 saturated heterocycles. The Bertz CT molecular complexity index is 609. The summed E-state index contributed by atoms with van der Waals surface area (Å²) in [5.41, 5.74) is 5.05. The lowest BCUT2D eigenvalue weighted by Gasteiger charge is -2.29. The monoisotopic (exact) mass is 359 g/mol. The van der Waals surface area contributed by atoms with E-state index in [1.54, 1.807) is 16.4 Å². The van der Waals surface area contributed by atoms with Crippen LogP contribution in [0.5, 0.6) is 0 Å². The molecule has 0 bridgehead atoms. The summed E-state index contributed by atoms with van der Waals surface area (Å²) in [6.45, 7) is 21.9. The van der Waals surface area contributed by atoms with Gasteiger partial charge in [-0.25, -0.2) is 0 Å². The molecule has 1 heterocycles. The van der Waals surface area contributed by atoms with Gasteiger partial charge in [-0.05, 0) is 52.8 Å². The molecule has 1 heteroatoms. The SMILES string of the molecule is C[C@@H]1C[PH+](c2cc(C(C)(C)C)cc(C(C)(C)C)c2)[C@@H]2[C@H]1CCC2(C)C. The van der Waals surface area contributed by atoms with E-state index in [1.807, 2.05) is 0 Å². The first-order chi connectivity index (χ1) is 11.3. The molecule has 1 aliphatic carbocycles. The quantitative estimate of drug-likeness (QED) is 0.497. The van der Waals surface area contributed by atoms with Gasteiger partial charge in [-0.2, -0.15) is 0 Å². The first-order valence-electron chi connectivity index (χ1n) is 10.3. The summed E-state index contributed by atoms with van der Waals surface area (Å²) >= 11 is 0. The van der Waals surface area contributed by atoms with Crippen LogP contribution in [0.1, 0.15) is 86.3 Å². The van der Waals surface area contributed by atoms with Crippen molar-refractivity contribution in [3.63, 3.8) is 0 Å². The second-order valence-corrected chi connectivity index (χ2v) is 14.3. The third-order valence-electron chi connectivity index (χ3n) is 7.08. The van der Waals surface area contributed by atoms with Crippen LogP contribution in [0.3, 0.4) is 0 Å². The molecule has 25 heavy (non-hydrogen) atoms. The van der Waals surface area contributed by atoms with Crippen molar-refractivity contribution < 1.29 is 0 Å². The fourth-order valence-electron chi connectivity index (χ4n) is 5.39. The molecule has 0 radical (unpaired) electrons. The van der Waals surface area contributed by atoms with E-state index < -0.39 is 7.92 Å². The van der Waals surface area contributed by atoms with Gasteiger partial charge in [-0.3, -0.25) is 0 Å². The van der Waals surface area contributed by atoms with E-state index >= 15 is 0 Å². The van der Waals surface area contributed by atoms with Crippen molar-refractivity contribution >= 4 is 13.2 Å². The molecular formula is C24H40P+. The van der Waals surface area contributed by atoms with Crippen LogP contribution in [-0.4, -0.2) is 11.8 Å². The Hall–Kier alpha value is -0.350. The summed E-state index contributed by atoms with van der Waals surface area (Å²) in [6.07, 6.45) is 4.39. The largest absolute Gasteiger partial charge is 0.0923 e. The maximum atomic E-state index is 2.60. The first kappa shape index (κ1) is 19.4. The number of fused-ring (bicyclic) bond motifs is 1. The lowest BCUT2D eigenvalue weighted by molar-refractivity contribution is 0.356. The molecule has 0 spiro atoms. The summed E-state index contributed by atoms with van der Waals surface area (Å²) in [5, 5.41) is 1.73. The fourth-order valence-corrected chi connectivity index (χ4v) is 10.0. The Balaban J connectivity index is 2.10. The molecule has 0 amide bonds. The Morgan fingerprint density at radius 3 is 1.92 bits per heavy atom. The summed E-state index contributed by atoms with van der Waals surface area (Å²) in [6, 6.07) is 7.70. The lowest BCUT2D eigenvalue weighted by Crippen LogP contribution is -2.28. The second kappa shape index (κ2) is 6.09. The van der Waals surface area contributed by atoms with Crippen LogP contribution in [0.15, 0.2) is 18.2 Å². The van der Waals surface area contributed by atoms with Crippen molar-refractivity contribution in [2.24, 2.45) is 17.3 Å². The zero-order valence-corrected chi connectivity index (χ0v) is 19.1. The van der Waals surface area contributed by atoms with Crippen LogP contribution in [0.4, 0.5) is 0 Å². The molecule has 1 aromatic rings. The van der Waals surface area contributed by atoms with Gasteiger partial charge < -0.3 is 0 Å². The molecule has 2 fully saturated rings. The topological polar surface area (TPSA) is 0 Å². The number of hydrogen-bond acceptors (Lipinski definition) is 0. The fraction of sp³-hybridized carbons (Fsp3) is 0.750. The third kappa shape index (κ3) is 3.58. The average Bonchev–Trinajstić information content (AvgIpc) is 2.96. The minimum absolute atomic E-state index is 0.229. The normalized spacial score (nSPS) is 32.0. The van der Waals surface area contributed by atoms with Crippen molar-refractivity contribution in [3.8, 4) is 0 Å². The Morgan fingerprint density at radius 1 is 0.920 bits per heavy atom. The number of benzene rings is 1. The second-order valence-electron chi connectivity index (χ2n) is 11.7. The van der Waals surface area contributed by atoms with Crippen LogP contribution < -0.4 is 5.30 Å². The lowest BCUT2D eigenvalue weighted by atomic mass is 9.81. The van der Waals surface area contributed by atoms with Crippen LogP contribution in [-0.2, 0) is 10.8 Å². The van der Waals surface area contributed by atoms with Gasteiger partial charge in [-0.1, -0.05) is 68.4 Å². The van der Waals surface area contributed by atoms with Crippen molar-refractivity contribution in [3.05, 3.63) is 29.3 Å². The zero-order chi connectivity index (χ0) is 18.8. The highest BCUT2D eigenvalue weighted by Gasteiger charge is 2.58. The molecule has 3 rings (SSSR count). The van der Waals surface area contributed by atoms with E-state index in [2.05, 4.69) is 80.5 Å². The van der Waals surface area contributed by atoms with Gasteiger partial charge in [0.05, 0.1) is 17.1 Å². The van der Waals surface area contributed by atoms with Gasteiger partial charge in [0.15, 0.2) is 0 Å². The third-order valence-corrected chi connectivity index (χ3v) is 11.2. The highest BCUT2D eigenvalue weighted by molar-refractivity contribution is 7.66. The van der Waals surface area contributed by atoms with Gasteiger partial charge in [0.2, 0.25) is 0 Å². The molecule has 2 aliphatic rings. The minimum Gasteiger partial charge on any atom is -0.0586 e. The number of hydrogen-bond donors (Lipinski definition) is 0. The van der Waals surface area contributed by atoms with Gasteiger partial charge in [0.25, 0.3) is 0 Å². The van der Waals surface area contributed by atoms with E-state index in [-0.39, 0.29) is 10.8 Å². The van der Waals surface area contributed by atoms with Gasteiger partial charge in [0, 0.05) is 19.3 Å². The van der Waals surface area contributed by atoms with Crippen LogP contribution in [0.2, 0.25) is 0 Å². The molecule has 4 atom stereocenters. The molecule has 1 aliphatic heterocycles. The van der Waals surface area contributed by atoms with Crippen LogP contribution in [0, 0.1) is 17.3 Å². The summed E-state index contributed by atoms with van der Waals surface area (Å²) in [4.78, 5) is 0. The van der Waals surface area contributed by atoms with Crippen molar-refractivity contribution in [1.29, 1.82) is 0 Å². The Kier molecular flexibility index (Phi) is 4.73. The Morgan fingerprint density at radius 2 is 1.44 bits per heavy atom. The predicted octanol–water partition coefficient (Wildman–Crippen LogP) is 6.58. The van der Waals surface area contributed by atoms with Crippen LogP contribution >= 0.6 is 7.92 Å². The Labute approximate surface area is 157 Å². The first-order valence-corrected chi connectivity index (χ1v) is 12.1. The van der Waals surface area contributed by atoms with Crippen LogP contribution in [0.25, 0.3) is 0 Å². The van der Waals surface area contributed by atoms with E-state index in [9.17, 15) is 0 Å². The molecule has 140 valence electrons. The molecule has 0 N–H and O–H groups in total. The number of rotatable bonds is 1. The molecule has 0 nitrogen and oxygen atoms in total. The highest BCUT2D eigenvalue weighted by atomic mass is 31.1. The average molecular weight is 360 g/mol. The van der Waals surface area contributed by atoms with Crippen molar-refractivity contribution in [2.45, 2.75) is 91.6 Å². The smallest absolute Gasteiger partial charge is 0.0586 e. The van der Waals surface area contributed by atoms with E-state index in [0.29, 0.717) is 5.41 Å². The maximum Gasteiger partial charge on any atom is 0.0923 e. The summed E-state index contributed by atoms with van der Waals surface area (Å²) in [5.74, 6) is 1.91. The minimum atomic E-state index is -0.483. The molecule has 1 aromatic carbocycles. The standard InChI is InChI=1S/C24H39P/c1-16-15-25(21-20(16)10-11-24(21,8)9)19-13-17(22(2,3)4)12-18(14-19)23(5,6)7/h12-14,16,20-21H,10-11,15H2,1-9H3/p+1/t16-,20+,21-,25?/m1/s1. The van der Waals surface area contributed by atoms with Gasteiger partial charge in [-0.15, -0.1) is 0 Å². The summed E-state index contributed by atoms with van der Waals surface area (Å²) < 4.78 is 0. The molecule has 1 unspecified atom stereocenters. The summed E-state index contributed by atoms with van der Waals surface area (Å²) in [7, 11) is -0.483. The highest BCUT2D eigenvalue weighted by Crippen LogP contribution is 2.66. The molecule has 0 aromatic heterocycles. The van der Waals surface area contributed by atoms with E-state index in [0.717, 1.165) is 17.5 Å². The van der Waals surface area contributed by atoms with Gasteiger partial charge >= 0.3 is 0 Å². The van der Waals surface area contributed by atoms with Gasteiger partial charge in [0.1, 0.15) is 0 Å². The predicted molar refractivity (Wildman–Crippen MR) is 116 cm³/mol. The van der Waals surface area contributed by atoms with Crippen molar-refractivity contribution in [1.82, 2.24) is 0 Å². The van der Waals surface area contributed by atoms with Crippen molar-refractivity contribution in [2.75, 3.05) is 6.16 Å². The maximum absolute atomic E-state index is 2.60.